The number of fused-ring (bicyclic) bond motifs is 8. The van der Waals surface area contributed by atoms with Gasteiger partial charge >= 0.3 is 6.98 Å². The van der Waals surface area contributed by atoms with Crippen molar-refractivity contribution in [2.24, 2.45) is 0 Å². The van der Waals surface area contributed by atoms with Gasteiger partial charge in [0.25, 0.3) is 0 Å². The SMILES string of the molecule is c1ccc(N2B3c4cccnc4-c4ccccc4N3c3ccccc32)cc1. The topological polar surface area (TPSA) is 19.4 Å². The van der Waals surface area contributed by atoms with Gasteiger partial charge in [-0.15, -0.1) is 0 Å². The number of aromatic nitrogens is 1. The highest BCUT2D eigenvalue weighted by atomic mass is 15.3. The molecule has 126 valence electrons. The maximum atomic E-state index is 4.76. The minimum Gasteiger partial charge on any atom is -0.360 e. The number of anilines is 4. The predicted molar refractivity (Wildman–Crippen MR) is 112 cm³/mol. The Labute approximate surface area is 158 Å². The summed E-state index contributed by atoms with van der Waals surface area (Å²) in [5.74, 6) is 0. The molecule has 4 heteroatoms. The van der Waals surface area contributed by atoms with Crippen molar-refractivity contribution in [2.45, 2.75) is 0 Å². The lowest BCUT2D eigenvalue weighted by Crippen LogP contribution is -2.55. The fourth-order valence-electron chi connectivity index (χ4n) is 4.39. The lowest BCUT2D eigenvalue weighted by molar-refractivity contribution is 1.29. The van der Waals surface area contributed by atoms with Crippen LogP contribution in [0.15, 0.2) is 97.2 Å². The summed E-state index contributed by atoms with van der Waals surface area (Å²) in [5.41, 5.74) is 8.34. The third-order valence-electron chi connectivity index (χ3n) is 5.46. The second-order valence-electron chi connectivity index (χ2n) is 6.90. The zero-order chi connectivity index (χ0) is 17.8. The molecule has 0 spiro atoms. The van der Waals surface area contributed by atoms with Crippen molar-refractivity contribution in [2.75, 3.05) is 9.62 Å². The van der Waals surface area contributed by atoms with Gasteiger partial charge in [-0.2, -0.15) is 0 Å². The van der Waals surface area contributed by atoms with Crippen LogP contribution in [0.3, 0.4) is 0 Å². The van der Waals surface area contributed by atoms with E-state index in [0.29, 0.717) is 0 Å². The molecule has 0 aliphatic carbocycles. The molecule has 0 amide bonds. The first-order chi connectivity index (χ1) is 13.4. The van der Waals surface area contributed by atoms with E-state index in [-0.39, 0.29) is 6.98 Å². The standard InChI is InChI=1S/C23H16BN3/c1-2-9-17(10-3-1)26-21-14-6-7-15-22(21)27-20-13-5-4-11-18(20)23-19(24(26)27)12-8-16-25-23/h1-16H. The van der Waals surface area contributed by atoms with E-state index in [1.807, 2.05) is 12.3 Å². The van der Waals surface area contributed by atoms with Crippen molar-refractivity contribution in [3.63, 3.8) is 0 Å². The minimum absolute atomic E-state index is 0.0587. The molecule has 6 rings (SSSR count). The molecule has 0 unspecified atom stereocenters. The van der Waals surface area contributed by atoms with Gasteiger partial charge in [0, 0.05) is 23.1 Å². The van der Waals surface area contributed by atoms with Crippen LogP contribution in [0.1, 0.15) is 0 Å². The molecule has 0 saturated carbocycles. The lowest BCUT2D eigenvalue weighted by atomic mass is 9.60. The van der Waals surface area contributed by atoms with E-state index in [1.165, 1.54) is 33.8 Å². The van der Waals surface area contributed by atoms with Crippen molar-refractivity contribution in [3.8, 4) is 11.3 Å². The van der Waals surface area contributed by atoms with Crippen LogP contribution in [0.2, 0.25) is 0 Å². The van der Waals surface area contributed by atoms with Crippen LogP contribution in [-0.4, -0.2) is 12.0 Å². The number of rotatable bonds is 1. The van der Waals surface area contributed by atoms with Gasteiger partial charge in [0.1, 0.15) is 0 Å². The Hall–Kier alpha value is -3.53. The average Bonchev–Trinajstić information content (AvgIpc) is 3.10. The number of para-hydroxylation sites is 4. The van der Waals surface area contributed by atoms with Gasteiger partial charge in [0.2, 0.25) is 0 Å². The first kappa shape index (κ1) is 14.6. The summed E-state index contributed by atoms with van der Waals surface area (Å²) in [4.78, 5) is 9.63. The summed E-state index contributed by atoms with van der Waals surface area (Å²) in [5, 5.41) is 0. The number of benzene rings is 3. The van der Waals surface area contributed by atoms with Crippen LogP contribution in [0.4, 0.5) is 22.7 Å². The van der Waals surface area contributed by atoms with Crippen molar-refractivity contribution in [3.05, 3.63) is 97.2 Å². The molecular formula is C23H16BN3. The molecule has 3 heterocycles. The normalized spacial score (nSPS) is 13.7. The first-order valence-electron chi connectivity index (χ1n) is 9.20. The molecule has 0 N–H and O–H groups in total. The molecule has 0 fully saturated rings. The number of hydrogen-bond acceptors (Lipinski definition) is 3. The second-order valence-corrected chi connectivity index (χ2v) is 6.90. The smallest absolute Gasteiger partial charge is 0.360 e. The fraction of sp³-hybridized carbons (Fsp3) is 0. The minimum atomic E-state index is 0.0587. The average molecular weight is 345 g/mol. The van der Waals surface area contributed by atoms with Crippen LogP contribution in [0.5, 0.6) is 0 Å². The lowest BCUT2D eigenvalue weighted by Gasteiger charge is -2.35. The second kappa shape index (κ2) is 5.48. The highest BCUT2D eigenvalue weighted by Gasteiger charge is 2.47. The Morgan fingerprint density at radius 2 is 1.26 bits per heavy atom. The van der Waals surface area contributed by atoms with Gasteiger partial charge in [0.15, 0.2) is 0 Å². The van der Waals surface area contributed by atoms with Crippen molar-refractivity contribution in [1.29, 1.82) is 0 Å². The van der Waals surface area contributed by atoms with Crippen molar-refractivity contribution in [1.82, 2.24) is 4.98 Å². The quantitative estimate of drug-likeness (QED) is 0.464. The van der Waals surface area contributed by atoms with Crippen LogP contribution >= 0.6 is 0 Å². The summed E-state index contributed by atoms with van der Waals surface area (Å²) < 4.78 is 0. The largest absolute Gasteiger partial charge is 0.423 e. The van der Waals surface area contributed by atoms with E-state index in [1.54, 1.807) is 0 Å². The molecule has 4 aromatic rings. The Kier molecular flexibility index (Phi) is 2.97. The third kappa shape index (κ3) is 1.95. The van der Waals surface area contributed by atoms with Gasteiger partial charge in [-0.25, -0.2) is 0 Å². The molecule has 0 bridgehead atoms. The Morgan fingerprint density at radius 1 is 0.593 bits per heavy atom. The van der Waals surface area contributed by atoms with E-state index in [4.69, 9.17) is 4.98 Å². The molecule has 0 atom stereocenters. The number of nitrogens with zero attached hydrogens (tertiary/aromatic N) is 3. The van der Waals surface area contributed by atoms with Gasteiger partial charge in [-0.1, -0.05) is 54.6 Å². The van der Waals surface area contributed by atoms with E-state index in [2.05, 4.69) is 94.6 Å². The summed E-state index contributed by atoms with van der Waals surface area (Å²) in [6, 6.07) is 32.1. The van der Waals surface area contributed by atoms with Crippen LogP contribution in [0, 0.1) is 0 Å². The Bertz CT molecular complexity index is 1130. The summed E-state index contributed by atoms with van der Waals surface area (Å²) in [7, 11) is 0. The Morgan fingerprint density at radius 3 is 2.07 bits per heavy atom. The van der Waals surface area contributed by atoms with Crippen molar-refractivity contribution >= 4 is 35.2 Å². The molecule has 0 saturated heterocycles. The maximum absolute atomic E-state index is 4.76. The van der Waals surface area contributed by atoms with Gasteiger partial charge in [-0.3, -0.25) is 4.98 Å². The molecular weight excluding hydrogens is 329 g/mol. The van der Waals surface area contributed by atoms with E-state index in [9.17, 15) is 0 Å². The van der Waals surface area contributed by atoms with Crippen LogP contribution in [-0.2, 0) is 0 Å². The van der Waals surface area contributed by atoms with Crippen LogP contribution in [0.25, 0.3) is 11.3 Å². The molecule has 2 aliphatic rings. The highest BCUT2D eigenvalue weighted by Crippen LogP contribution is 2.50. The highest BCUT2D eigenvalue weighted by molar-refractivity contribution is 6.86. The summed E-state index contributed by atoms with van der Waals surface area (Å²) in [6.45, 7) is 0.0587. The van der Waals surface area contributed by atoms with E-state index >= 15 is 0 Å². The fourth-order valence-corrected chi connectivity index (χ4v) is 4.39. The molecule has 2 aliphatic heterocycles. The zero-order valence-electron chi connectivity index (χ0n) is 14.7. The number of pyridine rings is 1. The third-order valence-corrected chi connectivity index (χ3v) is 5.46. The van der Waals surface area contributed by atoms with E-state index in [0.717, 1.165) is 5.69 Å². The summed E-state index contributed by atoms with van der Waals surface area (Å²) >= 11 is 0. The molecule has 0 radical (unpaired) electrons. The van der Waals surface area contributed by atoms with Gasteiger partial charge < -0.3 is 9.62 Å². The van der Waals surface area contributed by atoms with Crippen molar-refractivity contribution < 1.29 is 0 Å². The van der Waals surface area contributed by atoms with Gasteiger partial charge in [-0.05, 0) is 41.9 Å². The van der Waals surface area contributed by atoms with Crippen LogP contribution < -0.4 is 15.1 Å². The van der Waals surface area contributed by atoms with E-state index < -0.39 is 0 Å². The molecule has 1 aromatic heterocycles. The zero-order valence-corrected chi connectivity index (χ0v) is 14.7. The predicted octanol–water partition coefficient (Wildman–Crippen LogP) is 4.75. The molecule has 3 aromatic carbocycles. The first-order valence-corrected chi connectivity index (χ1v) is 9.20. The Balaban J connectivity index is 1.70. The maximum Gasteiger partial charge on any atom is 0.423 e. The molecule has 3 nitrogen and oxygen atoms in total. The molecule has 27 heavy (non-hydrogen) atoms. The monoisotopic (exact) mass is 345 g/mol. The number of hydrogen-bond donors (Lipinski definition) is 0. The van der Waals surface area contributed by atoms with Gasteiger partial charge in [0.05, 0.1) is 17.1 Å². The summed E-state index contributed by atoms with van der Waals surface area (Å²) in [6.07, 6.45) is 1.89.